The van der Waals surface area contributed by atoms with Gasteiger partial charge in [0.2, 0.25) is 0 Å². The van der Waals surface area contributed by atoms with Gasteiger partial charge < -0.3 is 0 Å². The molecule has 0 atom stereocenters. The van der Waals surface area contributed by atoms with Crippen molar-refractivity contribution in [1.82, 2.24) is 0 Å². The van der Waals surface area contributed by atoms with Crippen LogP contribution in [0.4, 0.5) is 5.69 Å². The molecule has 112 valence electrons. The van der Waals surface area contributed by atoms with Crippen LogP contribution < -0.4 is 4.31 Å². The fourth-order valence-corrected chi connectivity index (χ4v) is 4.10. The molecule has 0 aromatic heterocycles. The molecule has 3 nitrogen and oxygen atoms in total. The first-order valence-electron chi connectivity index (χ1n) is 6.74. The Kier molecular flexibility index (Phi) is 5.06. The molecule has 0 saturated carbocycles. The molecular formula is C16H18BrNO2S. The van der Waals surface area contributed by atoms with E-state index >= 15 is 0 Å². The zero-order valence-electron chi connectivity index (χ0n) is 12.1. The van der Waals surface area contributed by atoms with E-state index < -0.39 is 10.0 Å². The second-order valence-electron chi connectivity index (χ2n) is 4.73. The number of hydrogen-bond donors (Lipinski definition) is 0. The Morgan fingerprint density at radius 3 is 2.19 bits per heavy atom. The minimum Gasteiger partial charge on any atom is -0.266 e. The number of aryl methyl sites for hydroxylation is 1. The zero-order chi connectivity index (χ0) is 15.5. The lowest BCUT2D eigenvalue weighted by Crippen LogP contribution is -2.31. The molecule has 0 heterocycles. The van der Waals surface area contributed by atoms with Crippen molar-refractivity contribution in [2.24, 2.45) is 0 Å². The Labute approximate surface area is 134 Å². The summed E-state index contributed by atoms with van der Waals surface area (Å²) < 4.78 is 27.1. The second kappa shape index (κ2) is 6.62. The molecule has 2 rings (SSSR count). The molecule has 0 unspecified atom stereocenters. The van der Waals surface area contributed by atoms with Crippen LogP contribution in [-0.4, -0.2) is 15.0 Å². The molecule has 5 heteroatoms. The highest BCUT2D eigenvalue weighted by Crippen LogP contribution is 2.26. The van der Waals surface area contributed by atoms with Gasteiger partial charge in [-0.05, 0) is 43.2 Å². The normalized spacial score (nSPS) is 11.4. The van der Waals surface area contributed by atoms with E-state index in [4.69, 9.17) is 0 Å². The van der Waals surface area contributed by atoms with Gasteiger partial charge in [0, 0.05) is 11.9 Å². The Bertz CT molecular complexity index is 711. The van der Waals surface area contributed by atoms with Crippen molar-refractivity contribution < 1.29 is 8.42 Å². The zero-order valence-corrected chi connectivity index (χ0v) is 14.5. The van der Waals surface area contributed by atoms with Gasteiger partial charge in [0.1, 0.15) is 0 Å². The summed E-state index contributed by atoms with van der Waals surface area (Å²) in [5.74, 6) is 0. The van der Waals surface area contributed by atoms with Gasteiger partial charge in [-0.25, -0.2) is 8.42 Å². The predicted octanol–water partition coefficient (Wildman–Crippen LogP) is 4.11. The fourth-order valence-electron chi connectivity index (χ4n) is 2.19. The first-order valence-corrected chi connectivity index (χ1v) is 9.30. The van der Waals surface area contributed by atoms with Crippen LogP contribution in [0.25, 0.3) is 0 Å². The van der Waals surface area contributed by atoms with Crippen LogP contribution in [0.2, 0.25) is 0 Å². The maximum atomic E-state index is 12.8. The van der Waals surface area contributed by atoms with Crippen molar-refractivity contribution in [2.75, 3.05) is 10.8 Å². The number of nitrogens with zero attached hydrogens (tertiary/aromatic N) is 1. The van der Waals surface area contributed by atoms with E-state index in [1.165, 1.54) is 4.31 Å². The van der Waals surface area contributed by atoms with Gasteiger partial charge in [-0.15, -0.1) is 0 Å². The lowest BCUT2D eigenvalue weighted by atomic mass is 10.2. The van der Waals surface area contributed by atoms with Crippen LogP contribution in [0.5, 0.6) is 0 Å². The van der Waals surface area contributed by atoms with Gasteiger partial charge in [0.25, 0.3) is 10.0 Å². The predicted molar refractivity (Wildman–Crippen MR) is 90.5 cm³/mol. The number of benzene rings is 2. The molecule has 0 radical (unpaired) electrons. The molecule has 0 amide bonds. The van der Waals surface area contributed by atoms with Crippen LogP contribution in [0.3, 0.4) is 0 Å². The van der Waals surface area contributed by atoms with E-state index in [0.29, 0.717) is 16.8 Å². The maximum Gasteiger partial charge on any atom is 0.264 e. The summed E-state index contributed by atoms with van der Waals surface area (Å²) in [6.45, 7) is 4.16. The first-order chi connectivity index (χ1) is 10.0. The average Bonchev–Trinajstić information content (AvgIpc) is 2.50. The van der Waals surface area contributed by atoms with Gasteiger partial charge in [-0.2, -0.15) is 0 Å². The van der Waals surface area contributed by atoms with Crippen molar-refractivity contribution in [2.45, 2.75) is 24.1 Å². The third-order valence-corrected chi connectivity index (χ3v) is 5.89. The van der Waals surface area contributed by atoms with E-state index in [0.717, 1.165) is 16.8 Å². The van der Waals surface area contributed by atoms with E-state index in [1.807, 2.05) is 50.2 Å². The summed E-state index contributed by atoms with van der Waals surface area (Å²) in [5, 5.41) is 0.711. The summed E-state index contributed by atoms with van der Waals surface area (Å²) in [6.07, 6.45) is 0. The summed E-state index contributed by atoms with van der Waals surface area (Å²) in [5.41, 5.74) is 2.72. The molecular weight excluding hydrogens is 350 g/mol. The molecule has 0 fully saturated rings. The standard InChI is InChI=1S/C16H18BrNO2S/c1-3-18(16-7-5-4-6-13(16)2)21(19,20)15-10-8-14(12-17)9-11-15/h4-11H,3,12H2,1-2H3. The molecule has 2 aromatic carbocycles. The third kappa shape index (κ3) is 3.30. The maximum absolute atomic E-state index is 12.8. The van der Waals surface area contributed by atoms with Crippen LogP contribution in [0, 0.1) is 6.92 Å². The SMILES string of the molecule is CCN(c1ccccc1C)S(=O)(=O)c1ccc(CBr)cc1. The number of sulfonamides is 1. The average molecular weight is 368 g/mol. The quantitative estimate of drug-likeness (QED) is 0.745. The van der Waals surface area contributed by atoms with Crippen molar-refractivity contribution in [3.63, 3.8) is 0 Å². The summed E-state index contributed by atoms with van der Waals surface area (Å²) in [4.78, 5) is 0.317. The highest BCUT2D eigenvalue weighted by Gasteiger charge is 2.24. The minimum absolute atomic E-state index is 0.317. The number of halogens is 1. The van der Waals surface area contributed by atoms with Crippen molar-refractivity contribution >= 4 is 31.6 Å². The first kappa shape index (κ1) is 16.0. The van der Waals surface area contributed by atoms with Crippen molar-refractivity contribution in [3.05, 3.63) is 59.7 Å². The third-order valence-electron chi connectivity index (χ3n) is 3.34. The van der Waals surface area contributed by atoms with Gasteiger partial charge in [0.15, 0.2) is 0 Å². The van der Waals surface area contributed by atoms with E-state index in [9.17, 15) is 8.42 Å². The highest BCUT2D eigenvalue weighted by molar-refractivity contribution is 9.08. The van der Waals surface area contributed by atoms with Gasteiger partial charge in [-0.1, -0.05) is 46.3 Å². The van der Waals surface area contributed by atoms with E-state index in [-0.39, 0.29) is 0 Å². The summed E-state index contributed by atoms with van der Waals surface area (Å²) in [6, 6.07) is 14.5. The second-order valence-corrected chi connectivity index (χ2v) is 7.16. The molecule has 0 spiro atoms. The number of rotatable bonds is 5. The van der Waals surface area contributed by atoms with Crippen molar-refractivity contribution in [1.29, 1.82) is 0 Å². The van der Waals surface area contributed by atoms with Crippen LogP contribution >= 0.6 is 15.9 Å². The van der Waals surface area contributed by atoms with Gasteiger partial charge >= 0.3 is 0 Å². The molecule has 0 aliphatic heterocycles. The summed E-state index contributed by atoms with van der Waals surface area (Å²) >= 11 is 3.36. The van der Waals surface area contributed by atoms with Crippen molar-refractivity contribution in [3.8, 4) is 0 Å². The topological polar surface area (TPSA) is 37.4 Å². The minimum atomic E-state index is -3.53. The fraction of sp³-hybridized carbons (Fsp3) is 0.250. The van der Waals surface area contributed by atoms with E-state index in [1.54, 1.807) is 12.1 Å². The Hall–Kier alpha value is -1.33. The summed E-state index contributed by atoms with van der Waals surface area (Å²) in [7, 11) is -3.53. The smallest absolute Gasteiger partial charge is 0.264 e. The lowest BCUT2D eigenvalue weighted by molar-refractivity contribution is 0.591. The molecule has 0 N–H and O–H groups in total. The largest absolute Gasteiger partial charge is 0.266 e. The Balaban J connectivity index is 2.47. The molecule has 0 aliphatic carbocycles. The number of alkyl halides is 1. The Morgan fingerprint density at radius 1 is 1.05 bits per heavy atom. The monoisotopic (exact) mass is 367 g/mol. The number of hydrogen-bond acceptors (Lipinski definition) is 2. The molecule has 0 bridgehead atoms. The molecule has 21 heavy (non-hydrogen) atoms. The Morgan fingerprint density at radius 2 is 1.67 bits per heavy atom. The van der Waals surface area contributed by atoms with Crippen LogP contribution in [0.1, 0.15) is 18.1 Å². The molecule has 2 aromatic rings. The van der Waals surface area contributed by atoms with Crippen LogP contribution in [-0.2, 0) is 15.4 Å². The van der Waals surface area contributed by atoms with Crippen LogP contribution in [0.15, 0.2) is 53.4 Å². The highest BCUT2D eigenvalue weighted by atomic mass is 79.9. The number of para-hydroxylation sites is 1. The lowest BCUT2D eigenvalue weighted by Gasteiger charge is -2.24. The van der Waals surface area contributed by atoms with Gasteiger partial charge in [0.05, 0.1) is 10.6 Å². The number of anilines is 1. The van der Waals surface area contributed by atoms with Gasteiger partial charge in [-0.3, -0.25) is 4.31 Å². The molecule has 0 aliphatic rings. The molecule has 0 saturated heterocycles. The van der Waals surface area contributed by atoms with E-state index in [2.05, 4.69) is 15.9 Å².